The highest BCUT2D eigenvalue weighted by Gasteiger charge is 2.63. The van der Waals surface area contributed by atoms with E-state index in [4.69, 9.17) is 0 Å². The molecule has 2 fully saturated rings. The summed E-state index contributed by atoms with van der Waals surface area (Å²) < 4.78 is 0. The maximum atomic E-state index is 3.36. The lowest BCUT2D eigenvalue weighted by atomic mass is 10.5. The molecule has 1 aliphatic heterocycles. The van der Waals surface area contributed by atoms with E-state index in [1.165, 1.54) is 0 Å². The van der Waals surface area contributed by atoms with Crippen LogP contribution in [0.1, 0.15) is 6.92 Å². The van der Waals surface area contributed by atoms with Crippen LogP contribution < -0.4 is 10.6 Å². The van der Waals surface area contributed by atoms with Crippen LogP contribution >= 0.6 is 0 Å². The van der Waals surface area contributed by atoms with Crippen LogP contribution in [0.5, 0.6) is 0 Å². The predicted molar refractivity (Wildman–Crippen MR) is 28.2 cm³/mol. The van der Waals surface area contributed by atoms with Crippen molar-refractivity contribution in [2.24, 2.45) is 0 Å². The minimum Gasteiger partial charge on any atom is -0.311 e. The Labute approximate surface area is 43.3 Å². The Morgan fingerprint density at radius 2 is 2.29 bits per heavy atom. The van der Waals surface area contributed by atoms with Gasteiger partial charge in [-0.2, -0.15) is 0 Å². The van der Waals surface area contributed by atoms with Gasteiger partial charge in [0.2, 0.25) is 0 Å². The van der Waals surface area contributed by atoms with E-state index in [2.05, 4.69) is 17.6 Å². The summed E-state index contributed by atoms with van der Waals surface area (Å²) in [5.74, 6) is 0. The van der Waals surface area contributed by atoms with E-state index >= 15 is 0 Å². The first kappa shape index (κ1) is 3.87. The Morgan fingerprint density at radius 1 is 1.57 bits per heavy atom. The van der Waals surface area contributed by atoms with Gasteiger partial charge in [0.1, 0.15) is 0 Å². The van der Waals surface area contributed by atoms with E-state index in [1.54, 1.807) is 0 Å². The molecule has 0 aromatic heterocycles. The van der Waals surface area contributed by atoms with E-state index in [1.807, 2.05) is 0 Å². The highest BCUT2D eigenvalue weighted by atomic mass is 15.4. The highest BCUT2D eigenvalue weighted by Crippen LogP contribution is 2.36. The average Bonchev–Trinajstić information content (AvgIpc) is 2.41. The van der Waals surface area contributed by atoms with Crippen LogP contribution in [0.3, 0.4) is 0 Å². The molecular weight excluding hydrogens is 88.1 g/mol. The fourth-order valence-electron chi connectivity index (χ4n) is 1.06. The second kappa shape index (κ2) is 1.01. The van der Waals surface area contributed by atoms with Crippen LogP contribution in [-0.4, -0.2) is 24.7 Å². The summed E-state index contributed by atoms with van der Waals surface area (Å²) >= 11 is 0. The molecule has 1 heterocycles. The number of nitrogens with one attached hydrogen (secondary N) is 2. The van der Waals surface area contributed by atoms with E-state index in [-0.39, 0.29) is 0 Å². The standard InChI is InChI=1S/C5H10N2/c1-2-6-3-4-5(3)7-4/h3-7H,2H2,1H3. The Hall–Kier alpha value is -0.0800. The lowest BCUT2D eigenvalue weighted by molar-refractivity contribution is 0.604. The molecule has 0 amide bonds. The molecule has 2 rings (SSSR count). The topological polar surface area (TPSA) is 34.0 Å². The van der Waals surface area contributed by atoms with Gasteiger partial charge < -0.3 is 10.6 Å². The van der Waals surface area contributed by atoms with Crippen molar-refractivity contribution in [2.75, 3.05) is 6.54 Å². The molecule has 1 saturated heterocycles. The van der Waals surface area contributed by atoms with E-state index in [0.29, 0.717) is 0 Å². The third-order valence-electron chi connectivity index (χ3n) is 1.74. The third-order valence-corrected chi connectivity index (χ3v) is 1.74. The summed E-state index contributed by atoms with van der Waals surface area (Å²) in [5, 5.41) is 6.62. The Bertz CT molecular complexity index is 84.1. The quantitative estimate of drug-likeness (QED) is 0.449. The zero-order valence-electron chi connectivity index (χ0n) is 4.44. The van der Waals surface area contributed by atoms with Gasteiger partial charge in [0.25, 0.3) is 0 Å². The molecule has 0 aromatic rings. The predicted octanol–water partition coefficient (Wildman–Crippen LogP) is -0.682. The smallest absolute Gasteiger partial charge is 0.0410 e. The van der Waals surface area contributed by atoms with Crippen molar-refractivity contribution in [1.29, 1.82) is 0 Å². The van der Waals surface area contributed by atoms with Crippen LogP contribution in [0.2, 0.25) is 0 Å². The van der Waals surface area contributed by atoms with Gasteiger partial charge in [-0.15, -0.1) is 0 Å². The van der Waals surface area contributed by atoms with E-state index in [9.17, 15) is 0 Å². The monoisotopic (exact) mass is 98.1 g/mol. The molecule has 40 valence electrons. The lowest BCUT2D eigenvalue weighted by Crippen LogP contribution is -2.30. The van der Waals surface area contributed by atoms with Gasteiger partial charge in [-0.25, -0.2) is 0 Å². The third kappa shape index (κ3) is 0.409. The van der Waals surface area contributed by atoms with Gasteiger partial charge in [-0.1, -0.05) is 6.92 Å². The van der Waals surface area contributed by atoms with Gasteiger partial charge in [0.05, 0.1) is 0 Å². The fraction of sp³-hybridized carbons (Fsp3) is 1.00. The number of hydrogen-bond acceptors (Lipinski definition) is 2. The van der Waals surface area contributed by atoms with E-state index in [0.717, 1.165) is 24.7 Å². The number of hydrogen-bond donors (Lipinski definition) is 2. The van der Waals surface area contributed by atoms with Gasteiger partial charge in [-0.3, -0.25) is 0 Å². The zero-order chi connectivity index (χ0) is 4.85. The molecular formula is C5H10N2. The zero-order valence-corrected chi connectivity index (χ0v) is 4.44. The molecule has 2 heteroatoms. The fourth-order valence-corrected chi connectivity index (χ4v) is 1.06. The van der Waals surface area contributed by atoms with Crippen LogP contribution in [0.4, 0.5) is 0 Å². The summed E-state index contributed by atoms with van der Waals surface area (Å²) in [6.45, 7) is 3.27. The Balaban J connectivity index is 1.73. The molecule has 0 aromatic carbocycles. The van der Waals surface area contributed by atoms with Crippen LogP contribution in [0.25, 0.3) is 0 Å². The molecule has 2 unspecified atom stereocenters. The second-order valence-corrected chi connectivity index (χ2v) is 2.30. The first-order valence-electron chi connectivity index (χ1n) is 2.93. The summed E-state index contributed by atoms with van der Waals surface area (Å²) in [6.07, 6.45) is 0. The van der Waals surface area contributed by atoms with Crippen molar-refractivity contribution in [3.8, 4) is 0 Å². The Kier molecular flexibility index (Phi) is 0.557. The first-order valence-corrected chi connectivity index (χ1v) is 2.93. The molecule has 0 radical (unpaired) electrons. The van der Waals surface area contributed by atoms with Crippen molar-refractivity contribution >= 4 is 0 Å². The number of rotatable bonds is 2. The lowest BCUT2D eigenvalue weighted by Gasteiger charge is -2.01. The minimum atomic E-state index is 0.852. The van der Waals surface area contributed by atoms with Gasteiger partial charge in [-0.05, 0) is 6.54 Å². The van der Waals surface area contributed by atoms with Gasteiger partial charge >= 0.3 is 0 Å². The van der Waals surface area contributed by atoms with Crippen molar-refractivity contribution in [3.05, 3.63) is 0 Å². The first-order chi connectivity index (χ1) is 3.43. The molecule has 1 saturated carbocycles. The van der Waals surface area contributed by atoms with Crippen molar-refractivity contribution < 1.29 is 0 Å². The molecule has 0 spiro atoms. The van der Waals surface area contributed by atoms with Crippen LogP contribution in [0.15, 0.2) is 0 Å². The van der Waals surface area contributed by atoms with Gasteiger partial charge in [0, 0.05) is 18.1 Å². The molecule has 2 N–H and O–H groups in total. The van der Waals surface area contributed by atoms with Crippen molar-refractivity contribution in [3.63, 3.8) is 0 Å². The van der Waals surface area contributed by atoms with Crippen LogP contribution in [0, 0.1) is 0 Å². The maximum Gasteiger partial charge on any atom is 0.0410 e. The molecule has 1 aliphatic carbocycles. The number of likely N-dealkylation sites (N-methyl/N-ethyl adjacent to an activating group) is 1. The molecule has 2 aliphatic rings. The maximum absolute atomic E-state index is 3.36. The normalized spacial score (nSPS) is 53.6. The van der Waals surface area contributed by atoms with Crippen molar-refractivity contribution in [1.82, 2.24) is 10.6 Å². The second-order valence-electron chi connectivity index (χ2n) is 2.30. The van der Waals surface area contributed by atoms with Gasteiger partial charge in [0.15, 0.2) is 0 Å². The molecule has 2 nitrogen and oxygen atoms in total. The summed E-state index contributed by atoms with van der Waals surface area (Å²) in [5.41, 5.74) is 0. The minimum absolute atomic E-state index is 0.852. The molecule has 0 bridgehead atoms. The largest absolute Gasteiger partial charge is 0.311 e. The Morgan fingerprint density at radius 3 is 2.43 bits per heavy atom. The summed E-state index contributed by atoms with van der Waals surface area (Å²) in [7, 11) is 0. The summed E-state index contributed by atoms with van der Waals surface area (Å²) in [6, 6.07) is 2.60. The molecule has 2 atom stereocenters. The highest BCUT2D eigenvalue weighted by molar-refractivity contribution is 5.29. The molecule has 7 heavy (non-hydrogen) atoms. The SMILES string of the molecule is CCNC1C2NC12. The average molecular weight is 98.1 g/mol. The summed E-state index contributed by atoms with van der Waals surface area (Å²) in [4.78, 5) is 0. The van der Waals surface area contributed by atoms with Crippen LogP contribution in [-0.2, 0) is 0 Å². The number of fused-ring (bicyclic) bond motifs is 1. The van der Waals surface area contributed by atoms with Crippen molar-refractivity contribution in [2.45, 2.75) is 25.0 Å². The van der Waals surface area contributed by atoms with E-state index < -0.39 is 0 Å².